The molecule has 1 heterocycles. The van der Waals surface area contributed by atoms with Gasteiger partial charge in [-0.15, -0.1) is 0 Å². The van der Waals surface area contributed by atoms with Crippen LogP contribution in [0.15, 0.2) is 35.0 Å². The molecule has 0 fully saturated rings. The first kappa shape index (κ1) is 14.6. The van der Waals surface area contributed by atoms with Crippen LogP contribution in [0.3, 0.4) is 0 Å². The maximum Gasteiger partial charge on any atom is 0.335 e. The van der Waals surface area contributed by atoms with E-state index in [-0.39, 0.29) is 5.56 Å². The standard InChI is InChI=1S/C15H17NO3S/c1-11-9-20-10-13(11)8-16-5-6-19-14-4-2-3-12(7-14)15(17)18/h2-4,7,9-10,16H,5-6,8H2,1H3,(H,17,18). The molecule has 0 aliphatic rings. The molecule has 0 saturated heterocycles. The topological polar surface area (TPSA) is 58.6 Å². The fraction of sp³-hybridized carbons (Fsp3) is 0.267. The van der Waals surface area contributed by atoms with Gasteiger partial charge >= 0.3 is 5.97 Å². The van der Waals surface area contributed by atoms with Crippen LogP contribution in [0.1, 0.15) is 21.5 Å². The largest absolute Gasteiger partial charge is 0.492 e. The van der Waals surface area contributed by atoms with Gasteiger partial charge in [0.1, 0.15) is 12.4 Å². The van der Waals surface area contributed by atoms with E-state index in [1.807, 2.05) is 0 Å². The number of thiophene rings is 1. The number of carboxylic acids is 1. The highest BCUT2D eigenvalue weighted by molar-refractivity contribution is 7.08. The molecule has 20 heavy (non-hydrogen) atoms. The molecule has 106 valence electrons. The molecule has 0 spiro atoms. The summed E-state index contributed by atoms with van der Waals surface area (Å²) < 4.78 is 5.52. The maximum absolute atomic E-state index is 10.8. The zero-order chi connectivity index (χ0) is 14.4. The number of hydrogen-bond acceptors (Lipinski definition) is 4. The van der Waals surface area contributed by atoms with E-state index in [0.717, 1.165) is 6.54 Å². The van der Waals surface area contributed by atoms with E-state index in [1.54, 1.807) is 29.5 Å². The Balaban J connectivity index is 1.72. The maximum atomic E-state index is 10.8. The summed E-state index contributed by atoms with van der Waals surface area (Å²) in [4.78, 5) is 10.8. The lowest BCUT2D eigenvalue weighted by atomic mass is 10.2. The Morgan fingerprint density at radius 1 is 1.40 bits per heavy atom. The summed E-state index contributed by atoms with van der Waals surface area (Å²) in [5.41, 5.74) is 2.85. The predicted molar refractivity (Wildman–Crippen MR) is 79.7 cm³/mol. The fourth-order valence-electron chi connectivity index (χ4n) is 1.75. The van der Waals surface area contributed by atoms with Crippen LogP contribution in [0.2, 0.25) is 0 Å². The number of aromatic carboxylic acids is 1. The summed E-state index contributed by atoms with van der Waals surface area (Å²) in [5, 5.41) is 16.5. The summed E-state index contributed by atoms with van der Waals surface area (Å²) in [7, 11) is 0. The third kappa shape index (κ3) is 4.08. The third-order valence-electron chi connectivity index (χ3n) is 2.91. The van der Waals surface area contributed by atoms with Gasteiger partial charge in [0.05, 0.1) is 5.56 Å². The Morgan fingerprint density at radius 3 is 2.95 bits per heavy atom. The normalized spacial score (nSPS) is 10.4. The van der Waals surface area contributed by atoms with Gasteiger partial charge in [0.2, 0.25) is 0 Å². The minimum Gasteiger partial charge on any atom is -0.492 e. The van der Waals surface area contributed by atoms with E-state index in [1.165, 1.54) is 17.2 Å². The predicted octanol–water partition coefficient (Wildman–Crippen LogP) is 2.92. The molecular formula is C15H17NO3S. The van der Waals surface area contributed by atoms with Crippen molar-refractivity contribution >= 4 is 17.3 Å². The van der Waals surface area contributed by atoms with Gasteiger partial charge in [-0.3, -0.25) is 0 Å². The second kappa shape index (κ2) is 7.07. The average Bonchev–Trinajstić information content (AvgIpc) is 2.84. The molecule has 2 rings (SSSR count). The van der Waals surface area contributed by atoms with E-state index >= 15 is 0 Å². The highest BCUT2D eigenvalue weighted by Gasteiger charge is 2.03. The van der Waals surface area contributed by atoms with Crippen LogP contribution < -0.4 is 10.1 Å². The zero-order valence-corrected chi connectivity index (χ0v) is 12.1. The summed E-state index contributed by atoms with van der Waals surface area (Å²) in [6, 6.07) is 6.52. The number of benzene rings is 1. The van der Waals surface area contributed by atoms with Gasteiger partial charge in [-0.1, -0.05) is 6.07 Å². The van der Waals surface area contributed by atoms with Crippen molar-refractivity contribution in [2.75, 3.05) is 13.2 Å². The highest BCUT2D eigenvalue weighted by atomic mass is 32.1. The first-order chi connectivity index (χ1) is 9.66. The van der Waals surface area contributed by atoms with Gasteiger partial charge in [0, 0.05) is 13.1 Å². The molecule has 1 aromatic heterocycles. The monoisotopic (exact) mass is 291 g/mol. The SMILES string of the molecule is Cc1cscc1CNCCOc1cccc(C(=O)O)c1. The second-order valence-corrected chi connectivity index (χ2v) is 5.18. The van der Waals surface area contributed by atoms with Crippen molar-refractivity contribution in [3.8, 4) is 5.75 Å². The van der Waals surface area contributed by atoms with Crippen molar-refractivity contribution in [1.29, 1.82) is 0 Å². The van der Waals surface area contributed by atoms with Crippen molar-refractivity contribution in [2.24, 2.45) is 0 Å². The minimum atomic E-state index is -0.943. The quantitative estimate of drug-likeness (QED) is 0.770. The molecule has 0 aliphatic carbocycles. The van der Waals surface area contributed by atoms with Crippen LogP contribution >= 0.6 is 11.3 Å². The van der Waals surface area contributed by atoms with E-state index < -0.39 is 5.97 Å². The van der Waals surface area contributed by atoms with Crippen LogP contribution in [-0.2, 0) is 6.54 Å². The smallest absolute Gasteiger partial charge is 0.335 e. The molecule has 0 saturated carbocycles. The van der Waals surface area contributed by atoms with Gasteiger partial charge in [0.25, 0.3) is 0 Å². The number of hydrogen-bond donors (Lipinski definition) is 2. The Bertz CT molecular complexity index is 580. The zero-order valence-electron chi connectivity index (χ0n) is 11.3. The number of carboxylic acid groups (broad SMARTS) is 1. The van der Waals surface area contributed by atoms with Crippen molar-refractivity contribution in [2.45, 2.75) is 13.5 Å². The van der Waals surface area contributed by atoms with Crippen LogP contribution in [0, 0.1) is 6.92 Å². The Labute approximate surface area is 122 Å². The van der Waals surface area contributed by atoms with Gasteiger partial charge in [-0.25, -0.2) is 4.79 Å². The molecule has 0 amide bonds. The van der Waals surface area contributed by atoms with Crippen LogP contribution in [0.4, 0.5) is 0 Å². The average molecular weight is 291 g/mol. The lowest BCUT2D eigenvalue weighted by Gasteiger charge is -2.08. The molecule has 0 aliphatic heterocycles. The van der Waals surface area contributed by atoms with Gasteiger partial charge in [0.15, 0.2) is 0 Å². The number of nitrogens with one attached hydrogen (secondary N) is 1. The fourth-order valence-corrected chi connectivity index (χ4v) is 2.61. The Morgan fingerprint density at radius 2 is 2.25 bits per heavy atom. The molecule has 4 nitrogen and oxygen atoms in total. The number of aryl methyl sites for hydroxylation is 1. The molecule has 0 atom stereocenters. The highest BCUT2D eigenvalue weighted by Crippen LogP contribution is 2.14. The van der Waals surface area contributed by atoms with Gasteiger partial charge in [-0.05, 0) is 47.0 Å². The summed E-state index contributed by atoms with van der Waals surface area (Å²) in [6.45, 7) is 4.15. The van der Waals surface area contributed by atoms with Gasteiger partial charge < -0.3 is 15.2 Å². The first-order valence-electron chi connectivity index (χ1n) is 6.35. The van der Waals surface area contributed by atoms with Crippen molar-refractivity contribution in [3.63, 3.8) is 0 Å². The van der Waals surface area contributed by atoms with Crippen molar-refractivity contribution < 1.29 is 14.6 Å². The van der Waals surface area contributed by atoms with E-state index in [0.29, 0.717) is 18.9 Å². The van der Waals surface area contributed by atoms with E-state index in [9.17, 15) is 4.79 Å². The Hall–Kier alpha value is -1.85. The number of ether oxygens (including phenoxy) is 1. The minimum absolute atomic E-state index is 0.240. The molecule has 1 aromatic carbocycles. The lowest BCUT2D eigenvalue weighted by Crippen LogP contribution is -2.20. The van der Waals surface area contributed by atoms with Crippen LogP contribution in [0.25, 0.3) is 0 Å². The molecule has 0 bridgehead atoms. The molecule has 0 radical (unpaired) electrons. The molecule has 2 N–H and O–H groups in total. The van der Waals surface area contributed by atoms with Crippen LogP contribution in [-0.4, -0.2) is 24.2 Å². The first-order valence-corrected chi connectivity index (χ1v) is 7.29. The molecular weight excluding hydrogens is 274 g/mol. The summed E-state index contributed by atoms with van der Waals surface area (Å²) in [5.74, 6) is -0.361. The van der Waals surface area contributed by atoms with E-state index in [2.05, 4.69) is 23.0 Å². The molecule has 2 aromatic rings. The number of rotatable bonds is 7. The Kier molecular flexibility index (Phi) is 5.15. The third-order valence-corrected chi connectivity index (χ3v) is 3.82. The molecule has 5 heteroatoms. The number of carbonyl (C=O) groups is 1. The molecule has 0 unspecified atom stereocenters. The second-order valence-electron chi connectivity index (χ2n) is 4.44. The summed E-state index contributed by atoms with van der Waals surface area (Å²) in [6.07, 6.45) is 0. The summed E-state index contributed by atoms with van der Waals surface area (Å²) >= 11 is 1.70. The van der Waals surface area contributed by atoms with Crippen molar-refractivity contribution in [1.82, 2.24) is 5.32 Å². The van der Waals surface area contributed by atoms with E-state index in [4.69, 9.17) is 9.84 Å². The van der Waals surface area contributed by atoms with Crippen LogP contribution in [0.5, 0.6) is 5.75 Å². The van der Waals surface area contributed by atoms with Gasteiger partial charge in [-0.2, -0.15) is 11.3 Å². The van der Waals surface area contributed by atoms with Crippen molar-refractivity contribution in [3.05, 3.63) is 51.7 Å². The lowest BCUT2D eigenvalue weighted by molar-refractivity contribution is 0.0696.